The van der Waals surface area contributed by atoms with Crippen LogP contribution in [0.25, 0.3) is 0 Å². The fourth-order valence-corrected chi connectivity index (χ4v) is 11.8. The van der Waals surface area contributed by atoms with Crippen molar-refractivity contribution in [3.05, 3.63) is 225 Å². The van der Waals surface area contributed by atoms with Gasteiger partial charge in [0.25, 0.3) is 0 Å². The Morgan fingerprint density at radius 1 is 0.597 bits per heavy atom. The number of aliphatic carboxylic acids is 1. The number of carboxylic acid groups (broad SMARTS) is 1. The van der Waals surface area contributed by atoms with Crippen molar-refractivity contribution in [1.29, 1.82) is 0 Å². The van der Waals surface area contributed by atoms with Crippen molar-refractivity contribution in [2.75, 3.05) is 0 Å². The molecule has 2 N–H and O–H groups in total. The third-order valence-corrected chi connectivity index (χ3v) is 15.1. The van der Waals surface area contributed by atoms with Crippen LogP contribution in [0, 0.1) is 13.8 Å². The average Bonchev–Trinajstić information content (AvgIpc) is 4.11. The van der Waals surface area contributed by atoms with Gasteiger partial charge < -0.3 is 10.4 Å². The minimum absolute atomic E-state index is 0.0288. The first kappa shape index (κ1) is 44.3. The molecule has 67 heavy (non-hydrogen) atoms. The Labute approximate surface area is 397 Å². The van der Waals surface area contributed by atoms with Gasteiger partial charge >= 0.3 is 5.97 Å². The summed E-state index contributed by atoms with van der Waals surface area (Å²) in [6, 6.07) is 52.4. The summed E-state index contributed by atoms with van der Waals surface area (Å²) in [5.74, 6) is -0.325. The number of rotatable bonds is 12. The number of carboxylic acids is 1. The van der Waals surface area contributed by atoms with E-state index in [0.29, 0.717) is 17.5 Å². The van der Waals surface area contributed by atoms with E-state index in [-0.39, 0.29) is 11.8 Å². The Kier molecular flexibility index (Phi) is 12.8. The van der Waals surface area contributed by atoms with Gasteiger partial charge in [-0.1, -0.05) is 188 Å². The van der Waals surface area contributed by atoms with E-state index >= 15 is 0 Å². The van der Waals surface area contributed by atoms with Gasteiger partial charge in [0, 0.05) is 11.8 Å². The number of dihydropyridines is 1. The molecule has 1 heterocycles. The molecule has 3 aliphatic carbocycles. The number of nitrogens with zero attached hydrogens (tertiary/aromatic N) is 2. The van der Waals surface area contributed by atoms with Gasteiger partial charge in [-0.15, -0.1) is 0 Å². The molecule has 4 aliphatic rings. The number of aryl methyl sites for hydroxylation is 2. The average molecular weight is 882 g/mol. The first-order valence-electron chi connectivity index (χ1n) is 24.8. The molecule has 2 saturated carbocycles. The van der Waals surface area contributed by atoms with Crippen molar-refractivity contribution in [2.45, 2.75) is 121 Å². The van der Waals surface area contributed by atoms with Gasteiger partial charge in [-0.05, 0) is 134 Å². The van der Waals surface area contributed by atoms with Gasteiger partial charge in [0.2, 0.25) is 0 Å². The topological polar surface area (TPSA) is 74.0 Å². The zero-order chi connectivity index (χ0) is 45.9. The standard InChI is InChI=1S/C62H63N3O2/c1-41-37-51(44-21-16-17-22-44)59(53(39-41)56(46-25-8-4-9-26-46)47-27-10-5-11-28-47)63-43(3)62(61(66)67)36-35-50-33-20-34-55(58(50)65-62)64-60-52(45-23-18-19-24-45)38-42(2)40-54(60)57(48-29-12-6-13-30-48)49-31-14-7-15-32-49/h4-15,25-32,35-40,44-45,56-57,65H,16-24,33-34H2,1-3H3,(H,66,67). The summed E-state index contributed by atoms with van der Waals surface area (Å²) in [6.07, 6.45) is 15.7. The molecule has 0 radical (unpaired) electrons. The molecule has 0 saturated heterocycles. The highest BCUT2D eigenvalue weighted by Crippen LogP contribution is 2.49. The number of carbonyl (C=O) groups is 1. The molecule has 0 spiro atoms. The van der Waals surface area contributed by atoms with E-state index in [1.54, 1.807) is 0 Å². The molecule has 6 aromatic rings. The van der Waals surface area contributed by atoms with Crippen LogP contribution in [0.3, 0.4) is 0 Å². The van der Waals surface area contributed by atoms with Crippen molar-refractivity contribution in [3.8, 4) is 0 Å². The van der Waals surface area contributed by atoms with E-state index < -0.39 is 11.5 Å². The Bertz CT molecular complexity index is 2790. The van der Waals surface area contributed by atoms with Gasteiger partial charge in [0.05, 0.1) is 28.5 Å². The highest BCUT2D eigenvalue weighted by Gasteiger charge is 2.44. The first-order chi connectivity index (χ1) is 32.8. The molecule has 1 atom stereocenters. The van der Waals surface area contributed by atoms with Crippen LogP contribution < -0.4 is 5.32 Å². The summed E-state index contributed by atoms with van der Waals surface area (Å²) in [7, 11) is 0. The lowest BCUT2D eigenvalue weighted by Gasteiger charge is -2.36. The van der Waals surface area contributed by atoms with E-state index in [2.05, 4.69) is 171 Å². The molecule has 338 valence electrons. The van der Waals surface area contributed by atoms with Gasteiger partial charge in [-0.2, -0.15) is 0 Å². The molecule has 5 heteroatoms. The summed E-state index contributed by atoms with van der Waals surface area (Å²) in [5.41, 5.74) is 15.8. The minimum atomic E-state index is -1.60. The third kappa shape index (κ3) is 8.89. The second-order valence-electron chi connectivity index (χ2n) is 19.6. The van der Waals surface area contributed by atoms with Crippen LogP contribution in [-0.4, -0.2) is 28.0 Å². The lowest BCUT2D eigenvalue weighted by Crippen LogP contribution is -2.58. The largest absolute Gasteiger partial charge is 0.479 e. The fraction of sp³-hybridized carbons (Fsp3) is 0.306. The van der Waals surface area contributed by atoms with E-state index in [9.17, 15) is 9.90 Å². The number of aliphatic imine (C=N–C) groups is 2. The molecule has 10 rings (SSSR count). The summed E-state index contributed by atoms with van der Waals surface area (Å²) in [6.45, 7) is 6.33. The van der Waals surface area contributed by atoms with Crippen LogP contribution in [0.2, 0.25) is 0 Å². The van der Waals surface area contributed by atoms with E-state index in [1.165, 1.54) is 75.8 Å². The van der Waals surface area contributed by atoms with Crippen molar-refractivity contribution >= 4 is 28.8 Å². The van der Waals surface area contributed by atoms with Gasteiger partial charge in [-0.25, -0.2) is 4.79 Å². The van der Waals surface area contributed by atoms with E-state index in [0.717, 1.165) is 78.9 Å². The van der Waals surface area contributed by atoms with Crippen LogP contribution in [-0.2, 0) is 4.79 Å². The number of benzene rings is 6. The molecule has 1 unspecified atom stereocenters. The summed E-state index contributed by atoms with van der Waals surface area (Å²) < 4.78 is 0. The van der Waals surface area contributed by atoms with Crippen LogP contribution in [0.15, 0.2) is 179 Å². The van der Waals surface area contributed by atoms with Crippen LogP contribution >= 0.6 is 0 Å². The number of hydrogen-bond donors (Lipinski definition) is 2. The summed E-state index contributed by atoms with van der Waals surface area (Å²) >= 11 is 0. The Hall–Kier alpha value is -6.59. The zero-order valence-electron chi connectivity index (χ0n) is 39.3. The van der Waals surface area contributed by atoms with Crippen molar-refractivity contribution in [3.63, 3.8) is 0 Å². The Morgan fingerprint density at radius 2 is 1.03 bits per heavy atom. The SMILES string of the molecule is CC(=Nc1c(C2CCCC2)cc(C)cc1C(c1ccccc1)c1ccccc1)C1(C(=O)O)C=CC2=C(N1)C(=Nc1c(C3CCCC3)cc(C)cc1C(c1ccccc1)c1ccccc1)CCC2. The molecule has 0 aromatic heterocycles. The van der Waals surface area contributed by atoms with Crippen LogP contribution in [0.4, 0.5) is 11.4 Å². The van der Waals surface area contributed by atoms with Gasteiger partial charge in [0.1, 0.15) is 0 Å². The highest BCUT2D eigenvalue weighted by molar-refractivity contribution is 6.15. The van der Waals surface area contributed by atoms with Crippen molar-refractivity contribution in [2.24, 2.45) is 9.98 Å². The second-order valence-corrected chi connectivity index (χ2v) is 19.6. The van der Waals surface area contributed by atoms with Crippen molar-refractivity contribution < 1.29 is 9.90 Å². The van der Waals surface area contributed by atoms with Gasteiger partial charge in [0.15, 0.2) is 5.54 Å². The minimum Gasteiger partial charge on any atom is -0.479 e. The molecule has 0 amide bonds. The fourth-order valence-electron chi connectivity index (χ4n) is 11.8. The first-order valence-corrected chi connectivity index (χ1v) is 24.8. The normalized spacial score (nSPS) is 19.7. The number of hydrogen-bond acceptors (Lipinski definition) is 4. The molecular formula is C62H63N3O2. The Morgan fingerprint density at radius 3 is 1.48 bits per heavy atom. The molecule has 6 aromatic carbocycles. The Balaban J connectivity index is 1.13. The maximum absolute atomic E-state index is 14.2. The third-order valence-electron chi connectivity index (χ3n) is 15.1. The number of allylic oxidation sites excluding steroid dienone is 3. The highest BCUT2D eigenvalue weighted by atomic mass is 16.4. The molecule has 0 bridgehead atoms. The molecular weight excluding hydrogens is 819 g/mol. The van der Waals surface area contributed by atoms with E-state index in [4.69, 9.17) is 9.98 Å². The second kappa shape index (κ2) is 19.3. The smallest absolute Gasteiger partial charge is 0.339 e. The molecule has 1 aliphatic heterocycles. The summed E-state index contributed by atoms with van der Waals surface area (Å²) in [5, 5.41) is 15.3. The lowest BCUT2D eigenvalue weighted by molar-refractivity contribution is -0.139. The lowest BCUT2D eigenvalue weighted by atomic mass is 9.80. The van der Waals surface area contributed by atoms with E-state index in [1.807, 2.05) is 13.0 Å². The quantitative estimate of drug-likeness (QED) is 0.0950. The predicted octanol–water partition coefficient (Wildman–Crippen LogP) is 15.3. The monoisotopic (exact) mass is 881 g/mol. The van der Waals surface area contributed by atoms with Gasteiger partial charge in [-0.3, -0.25) is 9.98 Å². The zero-order valence-corrected chi connectivity index (χ0v) is 39.3. The molecule has 2 fully saturated rings. The maximum Gasteiger partial charge on any atom is 0.339 e. The summed E-state index contributed by atoms with van der Waals surface area (Å²) in [4.78, 5) is 25.6. The van der Waals surface area contributed by atoms with Crippen molar-refractivity contribution in [1.82, 2.24) is 5.32 Å². The van der Waals surface area contributed by atoms with Crippen LogP contribution in [0.1, 0.15) is 157 Å². The predicted molar refractivity (Wildman–Crippen MR) is 276 cm³/mol. The molecule has 5 nitrogen and oxygen atoms in total. The van der Waals surface area contributed by atoms with Crippen LogP contribution in [0.5, 0.6) is 0 Å². The number of nitrogens with one attached hydrogen (secondary N) is 1. The maximum atomic E-state index is 14.2.